The number of hydrogen-bond acceptors (Lipinski definition) is 6. The summed E-state index contributed by atoms with van der Waals surface area (Å²) >= 11 is 13.3. The highest BCUT2D eigenvalue weighted by Gasteiger charge is 2.32. The average Bonchev–Trinajstić information content (AvgIpc) is 3.31. The zero-order valence-electron chi connectivity index (χ0n) is 16.7. The third-order valence-corrected chi connectivity index (χ3v) is 6.90. The number of anilines is 2. The summed E-state index contributed by atoms with van der Waals surface area (Å²) in [5, 5.41) is 3.43. The highest BCUT2D eigenvalue weighted by molar-refractivity contribution is 7.16. The summed E-state index contributed by atoms with van der Waals surface area (Å²) < 4.78 is 53.9. The summed E-state index contributed by atoms with van der Waals surface area (Å²) in [7, 11) is 0. The van der Waals surface area contributed by atoms with Crippen molar-refractivity contribution in [2.24, 2.45) is 0 Å². The summed E-state index contributed by atoms with van der Waals surface area (Å²) in [5.41, 5.74) is -0.741. The molecule has 1 fully saturated rings. The molecule has 0 saturated carbocycles. The fourth-order valence-electron chi connectivity index (χ4n) is 3.58. The first-order valence-corrected chi connectivity index (χ1v) is 11.2. The normalized spacial score (nSPS) is 17.2. The Labute approximate surface area is 195 Å². The van der Waals surface area contributed by atoms with Crippen LogP contribution in [0.2, 0.25) is 10.2 Å². The van der Waals surface area contributed by atoms with E-state index in [1.54, 1.807) is 0 Å². The molecule has 32 heavy (non-hydrogen) atoms. The van der Waals surface area contributed by atoms with E-state index >= 15 is 0 Å². The number of halogens is 6. The number of thiazole rings is 1. The maximum Gasteiger partial charge on any atom is 0.416 e. The van der Waals surface area contributed by atoms with Crippen molar-refractivity contribution in [2.75, 3.05) is 11.9 Å². The minimum atomic E-state index is -4.68. The zero-order chi connectivity index (χ0) is 23.0. The van der Waals surface area contributed by atoms with Crippen LogP contribution in [0.3, 0.4) is 0 Å². The number of rotatable bonds is 5. The van der Waals surface area contributed by atoms with E-state index in [1.165, 1.54) is 17.7 Å². The standard InChI is InChI=1S/C20H17Cl2F4N5S/c1-10-3-2-4-31(10)8-14-16(11-5-12(20(24,25)26)7-13(23)6-11)29-19(32-14)30-18-15(21)17(22)27-9-28-18/h5-7,9-10H,2-4,8H2,1H3,(H,27,28,29,30)/t10-/m1/s1. The number of likely N-dealkylation sites (tertiary alicyclic amines) is 1. The van der Waals surface area contributed by atoms with Gasteiger partial charge in [0, 0.05) is 23.0 Å². The van der Waals surface area contributed by atoms with Gasteiger partial charge in [-0.3, -0.25) is 4.90 Å². The lowest BCUT2D eigenvalue weighted by Gasteiger charge is -2.20. The molecule has 0 amide bonds. The fraction of sp³-hybridized carbons (Fsp3) is 0.350. The molecule has 1 aliphatic heterocycles. The lowest BCUT2D eigenvalue weighted by molar-refractivity contribution is -0.137. The summed E-state index contributed by atoms with van der Waals surface area (Å²) in [6.45, 7) is 3.44. The Kier molecular flexibility index (Phi) is 6.58. The molecule has 0 spiro atoms. The summed E-state index contributed by atoms with van der Waals surface area (Å²) in [5.74, 6) is -0.772. The molecule has 0 radical (unpaired) electrons. The maximum absolute atomic E-state index is 14.1. The zero-order valence-corrected chi connectivity index (χ0v) is 19.0. The van der Waals surface area contributed by atoms with Crippen LogP contribution in [0.15, 0.2) is 24.5 Å². The number of aromatic nitrogens is 3. The van der Waals surface area contributed by atoms with E-state index in [0.29, 0.717) is 28.7 Å². The molecule has 1 aliphatic rings. The Morgan fingerprint density at radius 2 is 2.00 bits per heavy atom. The number of alkyl halides is 3. The van der Waals surface area contributed by atoms with Gasteiger partial charge in [0.1, 0.15) is 17.2 Å². The molecule has 0 aliphatic carbocycles. The van der Waals surface area contributed by atoms with Crippen molar-refractivity contribution in [1.82, 2.24) is 19.9 Å². The van der Waals surface area contributed by atoms with Crippen LogP contribution in [0, 0.1) is 5.82 Å². The quantitative estimate of drug-likeness (QED) is 0.305. The van der Waals surface area contributed by atoms with Gasteiger partial charge in [-0.1, -0.05) is 34.5 Å². The van der Waals surface area contributed by atoms with Crippen molar-refractivity contribution in [3.63, 3.8) is 0 Å². The Hall–Kier alpha value is -2.01. The molecule has 12 heteroatoms. The first-order chi connectivity index (χ1) is 15.1. The van der Waals surface area contributed by atoms with Crippen molar-refractivity contribution in [3.8, 4) is 11.3 Å². The van der Waals surface area contributed by atoms with Gasteiger partial charge in [0.15, 0.2) is 16.1 Å². The highest BCUT2D eigenvalue weighted by atomic mass is 35.5. The van der Waals surface area contributed by atoms with E-state index in [4.69, 9.17) is 23.2 Å². The summed E-state index contributed by atoms with van der Waals surface area (Å²) in [4.78, 5) is 15.2. The van der Waals surface area contributed by atoms with Crippen LogP contribution in [0.1, 0.15) is 30.2 Å². The molecular formula is C20H17Cl2F4N5S. The molecule has 3 aromatic rings. The molecule has 1 atom stereocenters. The molecule has 3 heterocycles. The van der Waals surface area contributed by atoms with Crippen molar-refractivity contribution < 1.29 is 17.6 Å². The average molecular weight is 506 g/mol. The Balaban J connectivity index is 1.76. The summed E-state index contributed by atoms with van der Waals surface area (Å²) in [6, 6.07) is 2.77. The predicted octanol–water partition coefficient (Wildman–Crippen LogP) is 6.79. The topological polar surface area (TPSA) is 53.9 Å². The van der Waals surface area contributed by atoms with Gasteiger partial charge in [0.05, 0.1) is 11.3 Å². The third kappa shape index (κ3) is 4.98. The van der Waals surface area contributed by atoms with Crippen molar-refractivity contribution >= 4 is 45.5 Å². The number of benzene rings is 1. The number of hydrogen-bond donors (Lipinski definition) is 1. The van der Waals surface area contributed by atoms with Crippen molar-refractivity contribution in [1.29, 1.82) is 0 Å². The van der Waals surface area contributed by atoms with E-state index in [1.807, 2.05) is 0 Å². The molecule has 4 rings (SSSR count). The molecule has 0 unspecified atom stereocenters. The first-order valence-electron chi connectivity index (χ1n) is 9.66. The smallest absolute Gasteiger partial charge is 0.315 e. The fourth-order valence-corrected chi connectivity index (χ4v) is 4.86. The molecule has 1 N–H and O–H groups in total. The third-order valence-electron chi connectivity index (χ3n) is 5.21. The molecule has 1 saturated heterocycles. The predicted molar refractivity (Wildman–Crippen MR) is 117 cm³/mol. The lowest BCUT2D eigenvalue weighted by atomic mass is 10.1. The second kappa shape index (κ2) is 9.09. The summed E-state index contributed by atoms with van der Waals surface area (Å²) in [6.07, 6.45) is -1.39. The molecule has 0 bridgehead atoms. The van der Waals surface area contributed by atoms with Gasteiger partial charge in [-0.2, -0.15) is 13.2 Å². The second-order valence-corrected chi connectivity index (χ2v) is 9.25. The van der Waals surface area contributed by atoms with Gasteiger partial charge < -0.3 is 5.32 Å². The Bertz CT molecular complexity index is 1140. The molecule has 5 nitrogen and oxygen atoms in total. The molecular weight excluding hydrogens is 489 g/mol. The minimum absolute atomic E-state index is 0.0482. The van der Waals surface area contributed by atoms with Crippen LogP contribution in [0.5, 0.6) is 0 Å². The second-order valence-electron chi connectivity index (χ2n) is 7.43. The van der Waals surface area contributed by atoms with E-state index in [9.17, 15) is 17.6 Å². The maximum atomic E-state index is 14.1. The van der Waals surface area contributed by atoms with Gasteiger partial charge in [0.25, 0.3) is 0 Å². The first kappa shape index (κ1) is 23.2. The van der Waals surface area contributed by atoms with Crippen LogP contribution < -0.4 is 5.32 Å². The highest BCUT2D eigenvalue weighted by Crippen LogP contribution is 2.39. The lowest BCUT2D eigenvalue weighted by Crippen LogP contribution is -2.25. The SMILES string of the molecule is C[C@@H]1CCCN1Cc1sc(Nc2ncnc(Cl)c2Cl)nc1-c1cc(F)cc(C(F)(F)F)c1. The Morgan fingerprint density at radius 1 is 1.22 bits per heavy atom. The van der Waals surface area contributed by atoms with Gasteiger partial charge in [-0.05, 0) is 44.5 Å². The van der Waals surface area contributed by atoms with Gasteiger partial charge in [0.2, 0.25) is 0 Å². The molecule has 170 valence electrons. The van der Waals surface area contributed by atoms with Crippen LogP contribution in [0.25, 0.3) is 11.3 Å². The van der Waals surface area contributed by atoms with Crippen molar-refractivity contribution in [3.05, 3.63) is 51.0 Å². The van der Waals surface area contributed by atoms with Crippen LogP contribution in [0.4, 0.5) is 28.5 Å². The van der Waals surface area contributed by atoms with Crippen LogP contribution in [-0.4, -0.2) is 32.4 Å². The van der Waals surface area contributed by atoms with E-state index in [-0.39, 0.29) is 27.3 Å². The van der Waals surface area contributed by atoms with Crippen LogP contribution in [-0.2, 0) is 12.7 Å². The van der Waals surface area contributed by atoms with Gasteiger partial charge >= 0.3 is 6.18 Å². The molecule has 1 aromatic carbocycles. The van der Waals surface area contributed by atoms with Crippen LogP contribution >= 0.6 is 34.5 Å². The Morgan fingerprint density at radius 3 is 2.69 bits per heavy atom. The largest absolute Gasteiger partial charge is 0.416 e. The number of nitrogens with one attached hydrogen (secondary N) is 1. The molecule has 2 aromatic heterocycles. The van der Waals surface area contributed by atoms with Gasteiger partial charge in [-0.15, -0.1) is 0 Å². The van der Waals surface area contributed by atoms with Crippen molar-refractivity contribution in [2.45, 2.75) is 38.5 Å². The minimum Gasteiger partial charge on any atom is -0.315 e. The van der Waals surface area contributed by atoms with E-state index in [2.05, 4.69) is 32.1 Å². The van der Waals surface area contributed by atoms with E-state index in [0.717, 1.165) is 31.5 Å². The number of nitrogens with zero attached hydrogens (tertiary/aromatic N) is 4. The monoisotopic (exact) mass is 505 g/mol. The van der Waals surface area contributed by atoms with Gasteiger partial charge in [-0.25, -0.2) is 19.3 Å². The van der Waals surface area contributed by atoms with E-state index < -0.39 is 17.6 Å².